The van der Waals surface area contributed by atoms with E-state index < -0.39 is 5.82 Å². The highest BCUT2D eigenvalue weighted by Crippen LogP contribution is 2.32. The number of rotatable bonds is 4. The molecule has 0 bridgehead atoms. The molecule has 0 aliphatic carbocycles. The van der Waals surface area contributed by atoms with Crippen LogP contribution < -0.4 is 5.73 Å². The third-order valence-electron chi connectivity index (χ3n) is 3.19. The second-order valence-electron chi connectivity index (χ2n) is 5.36. The molecule has 0 aliphatic rings. The van der Waals surface area contributed by atoms with E-state index in [0.717, 1.165) is 0 Å². The highest BCUT2D eigenvalue weighted by molar-refractivity contribution is 7.99. The van der Waals surface area contributed by atoms with Gasteiger partial charge in [0.1, 0.15) is 17.5 Å². The molecule has 0 saturated carbocycles. The number of aromatic nitrogens is 4. The number of nitrogens with one attached hydrogen (secondary N) is 1. The number of nitrogens with two attached hydrogens (primary N) is 1. The third-order valence-corrected chi connectivity index (χ3v) is 4.40. The molecule has 0 aliphatic heterocycles. The molecule has 24 heavy (non-hydrogen) atoms. The number of anilines is 1. The van der Waals surface area contributed by atoms with Crippen molar-refractivity contribution in [1.82, 2.24) is 19.9 Å². The maximum absolute atomic E-state index is 14.0. The van der Waals surface area contributed by atoms with Gasteiger partial charge in [-0.2, -0.15) is 0 Å². The lowest BCUT2D eigenvalue weighted by atomic mass is 10.2. The van der Waals surface area contributed by atoms with Crippen molar-refractivity contribution in [3.63, 3.8) is 0 Å². The second kappa shape index (κ2) is 6.78. The fourth-order valence-electron chi connectivity index (χ4n) is 2.17. The number of nitrogens with zero attached hydrogens (tertiary/aromatic N) is 3. The molecule has 3 N–H and O–H groups in total. The van der Waals surface area contributed by atoms with E-state index in [-0.39, 0.29) is 22.2 Å². The van der Waals surface area contributed by atoms with Crippen LogP contribution in [0.1, 0.15) is 13.8 Å². The molecule has 124 valence electrons. The molecular formula is C16H15ClFN5S. The van der Waals surface area contributed by atoms with Crippen molar-refractivity contribution in [2.45, 2.75) is 24.3 Å². The van der Waals surface area contributed by atoms with Crippen molar-refractivity contribution in [2.75, 3.05) is 5.73 Å². The molecule has 1 aromatic carbocycles. The Morgan fingerprint density at radius 2 is 1.96 bits per heavy atom. The standard InChI is InChI=1S/C16H15ClFN5S/c1-8(2)24-16-20-6-9(7-21-16)13-14(19)23-15(22-13)12-10(17)4-3-5-11(12)18/h3-8H,19H2,1-2H3,(H,22,23). The molecule has 0 saturated heterocycles. The van der Waals surface area contributed by atoms with Gasteiger partial charge >= 0.3 is 0 Å². The lowest BCUT2D eigenvalue weighted by molar-refractivity contribution is 0.630. The zero-order valence-electron chi connectivity index (χ0n) is 13.0. The minimum Gasteiger partial charge on any atom is -0.382 e. The van der Waals surface area contributed by atoms with E-state index in [0.29, 0.717) is 21.7 Å². The van der Waals surface area contributed by atoms with Gasteiger partial charge in [0, 0.05) is 23.2 Å². The Morgan fingerprint density at radius 3 is 2.58 bits per heavy atom. The zero-order chi connectivity index (χ0) is 17.3. The summed E-state index contributed by atoms with van der Waals surface area (Å²) in [6.07, 6.45) is 3.32. The van der Waals surface area contributed by atoms with E-state index in [4.69, 9.17) is 17.3 Å². The fraction of sp³-hybridized carbons (Fsp3) is 0.188. The van der Waals surface area contributed by atoms with E-state index in [2.05, 4.69) is 33.8 Å². The van der Waals surface area contributed by atoms with E-state index in [9.17, 15) is 4.39 Å². The molecule has 2 heterocycles. The summed E-state index contributed by atoms with van der Waals surface area (Å²) in [4.78, 5) is 15.8. The molecule has 2 aromatic heterocycles. The third kappa shape index (κ3) is 3.37. The van der Waals surface area contributed by atoms with Gasteiger partial charge in [0.05, 0.1) is 16.3 Å². The summed E-state index contributed by atoms with van der Waals surface area (Å²) in [5, 5.41) is 1.34. The Bertz CT molecular complexity index is 843. The van der Waals surface area contributed by atoms with Crippen molar-refractivity contribution in [3.05, 3.63) is 41.4 Å². The molecule has 0 amide bonds. The number of imidazole rings is 1. The van der Waals surface area contributed by atoms with Crippen LogP contribution in [0.15, 0.2) is 35.7 Å². The Labute approximate surface area is 147 Å². The second-order valence-corrected chi connectivity index (χ2v) is 7.31. The molecular weight excluding hydrogens is 349 g/mol. The number of hydrogen-bond donors (Lipinski definition) is 2. The summed E-state index contributed by atoms with van der Waals surface area (Å²) in [5.41, 5.74) is 7.35. The molecule has 0 radical (unpaired) electrons. The Hall–Kier alpha value is -2.12. The molecule has 0 atom stereocenters. The van der Waals surface area contributed by atoms with Gasteiger partial charge in [0.25, 0.3) is 0 Å². The first-order valence-electron chi connectivity index (χ1n) is 7.24. The van der Waals surface area contributed by atoms with Crippen molar-refractivity contribution < 1.29 is 4.39 Å². The van der Waals surface area contributed by atoms with E-state index in [1.54, 1.807) is 30.2 Å². The van der Waals surface area contributed by atoms with Crippen molar-refractivity contribution in [2.24, 2.45) is 0 Å². The van der Waals surface area contributed by atoms with Crippen molar-refractivity contribution in [3.8, 4) is 22.6 Å². The molecule has 3 rings (SSSR count). The van der Waals surface area contributed by atoms with Gasteiger partial charge in [-0.3, -0.25) is 0 Å². The van der Waals surface area contributed by atoms with Crippen LogP contribution in [-0.4, -0.2) is 25.2 Å². The maximum atomic E-state index is 14.0. The normalized spacial score (nSPS) is 11.2. The summed E-state index contributed by atoms with van der Waals surface area (Å²) >= 11 is 7.64. The molecule has 5 nitrogen and oxygen atoms in total. The lowest BCUT2D eigenvalue weighted by Gasteiger charge is -2.04. The zero-order valence-corrected chi connectivity index (χ0v) is 14.6. The predicted octanol–water partition coefficient (Wildman–Crippen LogP) is 4.41. The highest BCUT2D eigenvalue weighted by Gasteiger charge is 2.17. The van der Waals surface area contributed by atoms with Crippen molar-refractivity contribution >= 4 is 29.2 Å². The van der Waals surface area contributed by atoms with Crippen LogP contribution in [0.4, 0.5) is 10.2 Å². The smallest absolute Gasteiger partial charge is 0.187 e. The van der Waals surface area contributed by atoms with Crippen LogP contribution in [0.25, 0.3) is 22.6 Å². The molecule has 3 aromatic rings. The fourth-order valence-corrected chi connectivity index (χ4v) is 3.07. The van der Waals surface area contributed by atoms with Gasteiger partial charge in [-0.1, -0.05) is 43.3 Å². The first-order chi connectivity index (χ1) is 11.5. The first kappa shape index (κ1) is 16.7. The van der Waals surface area contributed by atoms with E-state index in [1.165, 1.54) is 12.1 Å². The number of halogens is 2. The van der Waals surface area contributed by atoms with E-state index >= 15 is 0 Å². The topological polar surface area (TPSA) is 80.5 Å². The molecule has 0 fully saturated rings. The van der Waals surface area contributed by atoms with Crippen LogP contribution in [0.3, 0.4) is 0 Å². The van der Waals surface area contributed by atoms with Gasteiger partial charge in [-0.25, -0.2) is 19.3 Å². The number of H-pyrrole nitrogens is 1. The van der Waals surface area contributed by atoms with Gasteiger partial charge in [-0.15, -0.1) is 0 Å². The van der Waals surface area contributed by atoms with Gasteiger partial charge < -0.3 is 10.7 Å². The monoisotopic (exact) mass is 363 g/mol. The Kier molecular flexibility index (Phi) is 4.73. The number of hydrogen-bond acceptors (Lipinski definition) is 5. The summed E-state index contributed by atoms with van der Waals surface area (Å²) in [7, 11) is 0. The average molecular weight is 364 g/mol. The average Bonchev–Trinajstić information content (AvgIpc) is 2.89. The summed E-state index contributed by atoms with van der Waals surface area (Å²) in [6, 6.07) is 4.45. The first-order valence-corrected chi connectivity index (χ1v) is 8.50. The molecule has 0 spiro atoms. The number of thioether (sulfide) groups is 1. The Balaban J connectivity index is 1.98. The maximum Gasteiger partial charge on any atom is 0.187 e. The number of aromatic amines is 1. The summed E-state index contributed by atoms with van der Waals surface area (Å²) < 4.78 is 14.0. The predicted molar refractivity (Wildman–Crippen MR) is 95.4 cm³/mol. The largest absolute Gasteiger partial charge is 0.382 e. The number of benzene rings is 1. The quantitative estimate of drug-likeness (QED) is 0.530. The molecule has 0 unspecified atom stereocenters. The van der Waals surface area contributed by atoms with Gasteiger partial charge in [0.15, 0.2) is 5.16 Å². The molecule has 8 heteroatoms. The van der Waals surface area contributed by atoms with Crippen LogP contribution in [-0.2, 0) is 0 Å². The van der Waals surface area contributed by atoms with Crippen molar-refractivity contribution in [1.29, 1.82) is 0 Å². The minimum absolute atomic E-state index is 0.185. The van der Waals surface area contributed by atoms with Crippen LogP contribution in [0.5, 0.6) is 0 Å². The minimum atomic E-state index is -0.470. The Morgan fingerprint density at radius 1 is 1.25 bits per heavy atom. The summed E-state index contributed by atoms with van der Waals surface area (Å²) in [5.74, 6) is 0.0335. The summed E-state index contributed by atoms with van der Waals surface area (Å²) in [6.45, 7) is 4.14. The SMILES string of the molecule is CC(C)Sc1ncc(-c2[nH]c(-c3c(F)cccc3Cl)nc2N)cn1. The van der Waals surface area contributed by atoms with Crippen LogP contribution in [0.2, 0.25) is 5.02 Å². The highest BCUT2D eigenvalue weighted by atomic mass is 35.5. The van der Waals surface area contributed by atoms with Crippen LogP contribution in [0, 0.1) is 5.82 Å². The number of nitrogen functional groups attached to an aromatic ring is 1. The van der Waals surface area contributed by atoms with E-state index in [1.807, 2.05) is 0 Å². The lowest BCUT2D eigenvalue weighted by Crippen LogP contribution is -1.94. The van der Waals surface area contributed by atoms with Gasteiger partial charge in [0.2, 0.25) is 0 Å². The van der Waals surface area contributed by atoms with Crippen LogP contribution >= 0.6 is 23.4 Å². The van der Waals surface area contributed by atoms with Gasteiger partial charge in [-0.05, 0) is 12.1 Å².